The van der Waals surface area contributed by atoms with Crippen LogP contribution >= 0.6 is 0 Å². The van der Waals surface area contributed by atoms with E-state index in [2.05, 4.69) is 36.2 Å². The normalized spacial score (nSPS) is 10.5. The Labute approximate surface area is 106 Å². The number of aryl methyl sites for hydroxylation is 3. The van der Waals surface area contributed by atoms with Crippen molar-refractivity contribution in [1.29, 1.82) is 0 Å². The first kappa shape index (κ1) is 12.4. The molecule has 0 aliphatic rings. The zero-order valence-corrected chi connectivity index (χ0v) is 10.4. The molecule has 0 atom stereocenters. The standard InChI is InChI=1S/C15H17NO2/c1-2-11-3-5-12(6-4-11)7-8-13-9-14(17)10-15(18)16-13/h3-6,9-10H,2,7-8H2,1H3,(H2,16,17,18). The zero-order chi connectivity index (χ0) is 13.0. The number of benzene rings is 1. The van der Waals surface area contributed by atoms with Gasteiger partial charge >= 0.3 is 0 Å². The van der Waals surface area contributed by atoms with Gasteiger partial charge in [-0.15, -0.1) is 0 Å². The fourth-order valence-corrected chi connectivity index (χ4v) is 1.94. The average Bonchev–Trinajstić information content (AvgIpc) is 2.36. The lowest BCUT2D eigenvalue weighted by atomic mass is 10.0. The molecule has 18 heavy (non-hydrogen) atoms. The number of aromatic amines is 1. The Balaban J connectivity index is 2.04. The number of rotatable bonds is 4. The van der Waals surface area contributed by atoms with Gasteiger partial charge in [0.1, 0.15) is 5.75 Å². The molecule has 0 amide bonds. The minimum atomic E-state index is -0.258. The molecule has 0 fully saturated rings. The first-order valence-electron chi connectivity index (χ1n) is 6.17. The van der Waals surface area contributed by atoms with Gasteiger partial charge in [0.05, 0.1) is 0 Å². The monoisotopic (exact) mass is 243 g/mol. The molecule has 2 rings (SSSR count). The van der Waals surface area contributed by atoms with Crippen molar-refractivity contribution >= 4 is 0 Å². The molecule has 0 saturated carbocycles. The van der Waals surface area contributed by atoms with E-state index >= 15 is 0 Å². The summed E-state index contributed by atoms with van der Waals surface area (Å²) in [6, 6.07) is 11.3. The number of nitrogens with one attached hydrogen (secondary N) is 1. The van der Waals surface area contributed by atoms with Crippen molar-refractivity contribution in [2.24, 2.45) is 0 Å². The van der Waals surface area contributed by atoms with Gasteiger partial charge in [0.2, 0.25) is 0 Å². The molecule has 0 radical (unpaired) electrons. The summed E-state index contributed by atoms with van der Waals surface area (Å²) in [5.74, 6) is 0.0232. The van der Waals surface area contributed by atoms with Crippen molar-refractivity contribution in [3.8, 4) is 5.75 Å². The van der Waals surface area contributed by atoms with E-state index in [-0.39, 0.29) is 11.3 Å². The molecule has 94 valence electrons. The molecule has 0 bridgehead atoms. The SMILES string of the molecule is CCc1ccc(CCc2cc(O)cc(=O)[nH]2)cc1. The van der Waals surface area contributed by atoms with E-state index < -0.39 is 0 Å². The second kappa shape index (κ2) is 5.54. The maximum atomic E-state index is 11.2. The van der Waals surface area contributed by atoms with Crippen molar-refractivity contribution in [3.05, 3.63) is 63.6 Å². The second-order valence-corrected chi connectivity index (χ2v) is 4.40. The van der Waals surface area contributed by atoms with Crippen LogP contribution in [0.4, 0.5) is 0 Å². The van der Waals surface area contributed by atoms with Crippen molar-refractivity contribution in [2.45, 2.75) is 26.2 Å². The molecule has 0 aliphatic carbocycles. The first-order valence-corrected chi connectivity index (χ1v) is 6.17. The Morgan fingerprint density at radius 1 is 1.06 bits per heavy atom. The summed E-state index contributed by atoms with van der Waals surface area (Å²) in [5, 5.41) is 9.34. The molecule has 0 unspecified atom stereocenters. The van der Waals surface area contributed by atoms with Gasteiger partial charge in [-0.3, -0.25) is 4.79 Å². The summed E-state index contributed by atoms with van der Waals surface area (Å²) < 4.78 is 0. The largest absolute Gasteiger partial charge is 0.508 e. The van der Waals surface area contributed by atoms with Crippen molar-refractivity contribution in [3.63, 3.8) is 0 Å². The van der Waals surface area contributed by atoms with Crippen molar-refractivity contribution in [2.75, 3.05) is 0 Å². The molecule has 0 aliphatic heterocycles. The van der Waals surface area contributed by atoms with Crippen LogP contribution in [0.2, 0.25) is 0 Å². The lowest BCUT2D eigenvalue weighted by Gasteiger charge is -2.04. The summed E-state index contributed by atoms with van der Waals surface area (Å²) in [4.78, 5) is 13.9. The molecule has 2 aromatic rings. The van der Waals surface area contributed by atoms with Crippen LogP contribution in [-0.4, -0.2) is 10.1 Å². The Hall–Kier alpha value is -2.03. The molecule has 1 aromatic heterocycles. The predicted molar refractivity (Wildman–Crippen MR) is 72.0 cm³/mol. The number of pyridine rings is 1. The van der Waals surface area contributed by atoms with E-state index in [0.717, 1.165) is 25.0 Å². The number of aromatic hydroxyl groups is 1. The van der Waals surface area contributed by atoms with Crippen LogP contribution in [0.3, 0.4) is 0 Å². The van der Waals surface area contributed by atoms with Crippen molar-refractivity contribution in [1.82, 2.24) is 4.98 Å². The van der Waals surface area contributed by atoms with Crippen LogP contribution in [0.15, 0.2) is 41.2 Å². The van der Waals surface area contributed by atoms with Gasteiger partial charge in [0.15, 0.2) is 0 Å². The molecule has 0 spiro atoms. The summed E-state index contributed by atoms with van der Waals surface area (Å²) in [5.41, 5.74) is 3.06. The minimum absolute atomic E-state index is 0.0232. The Kier molecular flexibility index (Phi) is 3.82. The van der Waals surface area contributed by atoms with Crippen LogP contribution in [0.5, 0.6) is 5.75 Å². The van der Waals surface area contributed by atoms with Crippen molar-refractivity contribution < 1.29 is 5.11 Å². The highest BCUT2D eigenvalue weighted by Crippen LogP contribution is 2.10. The summed E-state index contributed by atoms with van der Waals surface area (Å²) >= 11 is 0. The third-order valence-electron chi connectivity index (χ3n) is 3.00. The van der Waals surface area contributed by atoms with E-state index in [1.54, 1.807) is 6.07 Å². The fourth-order valence-electron chi connectivity index (χ4n) is 1.94. The predicted octanol–water partition coefficient (Wildman–Crippen LogP) is 2.43. The Morgan fingerprint density at radius 2 is 1.72 bits per heavy atom. The third kappa shape index (κ3) is 3.23. The molecular weight excluding hydrogens is 226 g/mol. The van der Waals surface area contributed by atoms with Gasteiger partial charge in [-0.1, -0.05) is 31.2 Å². The molecule has 1 heterocycles. The van der Waals surface area contributed by atoms with Gasteiger partial charge in [0.25, 0.3) is 5.56 Å². The van der Waals surface area contributed by atoms with Crippen LogP contribution in [-0.2, 0) is 19.3 Å². The van der Waals surface area contributed by atoms with Crippen LogP contribution in [0, 0.1) is 0 Å². The highest BCUT2D eigenvalue weighted by atomic mass is 16.3. The van der Waals surface area contributed by atoms with Crippen LogP contribution in [0.25, 0.3) is 0 Å². The van der Waals surface area contributed by atoms with E-state index in [4.69, 9.17) is 0 Å². The summed E-state index contributed by atoms with van der Waals surface area (Å²) in [7, 11) is 0. The lowest BCUT2D eigenvalue weighted by molar-refractivity contribution is 0.472. The molecule has 0 saturated heterocycles. The van der Waals surface area contributed by atoms with E-state index in [1.807, 2.05) is 0 Å². The summed E-state index contributed by atoms with van der Waals surface area (Å²) in [6.07, 6.45) is 2.61. The topological polar surface area (TPSA) is 53.1 Å². The van der Waals surface area contributed by atoms with Crippen LogP contribution in [0.1, 0.15) is 23.7 Å². The zero-order valence-electron chi connectivity index (χ0n) is 10.4. The Morgan fingerprint density at radius 3 is 2.33 bits per heavy atom. The van der Waals surface area contributed by atoms with Gasteiger partial charge in [-0.05, 0) is 36.5 Å². The van der Waals surface area contributed by atoms with Gasteiger partial charge in [-0.25, -0.2) is 0 Å². The first-order chi connectivity index (χ1) is 8.67. The fraction of sp³-hybridized carbons (Fsp3) is 0.267. The maximum Gasteiger partial charge on any atom is 0.251 e. The average molecular weight is 243 g/mol. The van der Waals surface area contributed by atoms with E-state index in [9.17, 15) is 9.90 Å². The van der Waals surface area contributed by atoms with Gasteiger partial charge < -0.3 is 10.1 Å². The maximum absolute atomic E-state index is 11.2. The quantitative estimate of drug-likeness (QED) is 0.866. The minimum Gasteiger partial charge on any atom is -0.508 e. The highest BCUT2D eigenvalue weighted by molar-refractivity contribution is 5.25. The highest BCUT2D eigenvalue weighted by Gasteiger charge is 2.00. The lowest BCUT2D eigenvalue weighted by Crippen LogP contribution is -2.07. The number of hydrogen-bond donors (Lipinski definition) is 2. The number of aromatic nitrogens is 1. The van der Waals surface area contributed by atoms with E-state index in [0.29, 0.717) is 0 Å². The number of hydrogen-bond acceptors (Lipinski definition) is 2. The Bertz CT molecular complexity index is 570. The smallest absolute Gasteiger partial charge is 0.251 e. The molecule has 3 nitrogen and oxygen atoms in total. The van der Waals surface area contributed by atoms with E-state index in [1.165, 1.54) is 17.2 Å². The molecule has 3 heteroatoms. The molecule has 2 N–H and O–H groups in total. The third-order valence-corrected chi connectivity index (χ3v) is 3.00. The number of H-pyrrole nitrogens is 1. The summed E-state index contributed by atoms with van der Waals surface area (Å²) in [6.45, 7) is 2.13. The van der Waals surface area contributed by atoms with Gasteiger partial charge in [0, 0.05) is 11.8 Å². The van der Waals surface area contributed by atoms with Crippen LogP contribution < -0.4 is 5.56 Å². The second-order valence-electron chi connectivity index (χ2n) is 4.40. The van der Waals surface area contributed by atoms with Gasteiger partial charge in [-0.2, -0.15) is 0 Å². The molecule has 1 aromatic carbocycles. The molecular formula is C15H17NO2.